The average Bonchev–Trinajstić information content (AvgIpc) is 3.39. The standard InChI is InChI=1S/C28H31F3N2O4/c1-17-23(4-3-5-24(17)28(29,30)31)26(35)33-14-12-19(13-15-33)18-8-10-22(11-9-18)32-25(34)20-6-7-21(16-20)27(36)37-2/h3-5,8-11,19-21H,6-7,12-16H2,1-2H3,(H,32,34). The van der Waals surface area contributed by atoms with Crippen LogP contribution in [0.1, 0.15) is 65.1 Å². The Labute approximate surface area is 214 Å². The molecular formula is C28H31F3N2O4. The second-order valence-corrected chi connectivity index (χ2v) is 9.88. The Kier molecular flexibility index (Phi) is 7.90. The number of anilines is 1. The molecule has 2 unspecified atom stereocenters. The number of ether oxygens (including phenoxy) is 1. The molecule has 9 heteroatoms. The predicted molar refractivity (Wildman–Crippen MR) is 132 cm³/mol. The lowest BCUT2D eigenvalue weighted by molar-refractivity contribution is -0.145. The first-order valence-electron chi connectivity index (χ1n) is 12.5. The maximum Gasteiger partial charge on any atom is 0.416 e. The first-order valence-corrected chi connectivity index (χ1v) is 12.5. The predicted octanol–water partition coefficient (Wildman–Crippen LogP) is 5.56. The van der Waals surface area contributed by atoms with Crippen LogP contribution in [0.25, 0.3) is 0 Å². The van der Waals surface area contributed by atoms with Gasteiger partial charge in [0.2, 0.25) is 5.91 Å². The zero-order chi connectivity index (χ0) is 26.7. The van der Waals surface area contributed by atoms with Gasteiger partial charge in [-0.1, -0.05) is 18.2 Å². The smallest absolute Gasteiger partial charge is 0.416 e. The van der Waals surface area contributed by atoms with Crippen molar-refractivity contribution in [3.05, 3.63) is 64.7 Å². The second-order valence-electron chi connectivity index (χ2n) is 9.88. The van der Waals surface area contributed by atoms with Gasteiger partial charge >= 0.3 is 12.1 Å². The maximum absolute atomic E-state index is 13.2. The lowest BCUT2D eigenvalue weighted by Crippen LogP contribution is -2.38. The number of hydrogen-bond acceptors (Lipinski definition) is 4. The van der Waals surface area contributed by atoms with E-state index in [1.165, 1.54) is 26.2 Å². The quantitative estimate of drug-likeness (QED) is 0.528. The molecule has 0 bridgehead atoms. The number of alkyl halides is 3. The van der Waals surface area contributed by atoms with Gasteiger partial charge in [-0.15, -0.1) is 0 Å². The molecule has 198 valence electrons. The van der Waals surface area contributed by atoms with Crippen molar-refractivity contribution in [1.29, 1.82) is 0 Å². The largest absolute Gasteiger partial charge is 0.469 e. The third-order valence-corrected chi connectivity index (χ3v) is 7.64. The van der Waals surface area contributed by atoms with Gasteiger partial charge in [0.15, 0.2) is 0 Å². The van der Waals surface area contributed by atoms with Crippen molar-refractivity contribution < 1.29 is 32.3 Å². The highest BCUT2D eigenvalue weighted by Crippen LogP contribution is 2.35. The first kappa shape index (κ1) is 26.7. The number of amides is 2. The van der Waals surface area contributed by atoms with E-state index in [9.17, 15) is 27.6 Å². The Bertz CT molecular complexity index is 1160. The van der Waals surface area contributed by atoms with Crippen molar-refractivity contribution in [1.82, 2.24) is 4.90 Å². The van der Waals surface area contributed by atoms with Crippen molar-refractivity contribution in [2.24, 2.45) is 11.8 Å². The highest BCUT2D eigenvalue weighted by atomic mass is 19.4. The highest BCUT2D eigenvalue weighted by molar-refractivity contribution is 5.96. The SMILES string of the molecule is COC(=O)C1CCC(C(=O)Nc2ccc(C3CCN(C(=O)c4cccc(C(F)(F)F)c4C)CC3)cc2)C1. The summed E-state index contributed by atoms with van der Waals surface area (Å²) < 4.78 is 44.5. The molecule has 0 aromatic heterocycles. The van der Waals surface area contributed by atoms with Crippen molar-refractivity contribution in [3.63, 3.8) is 0 Å². The molecule has 1 aliphatic carbocycles. The number of carbonyl (C=O) groups is 3. The first-order chi connectivity index (χ1) is 17.6. The van der Waals surface area contributed by atoms with Gasteiger partial charge in [0, 0.05) is 30.3 Å². The molecule has 1 saturated carbocycles. The Balaban J connectivity index is 1.31. The summed E-state index contributed by atoms with van der Waals surface area (Å²) in [6.45, 7) is 2.26. The van der Waals surface area contributed by atoms with Gasteiger partial charge in [-0.2, -0.15) is 13.2 Å². The summed E-state index contributed by atoms with van der Waals surface area (Å²) in [5.74, 6) is -0.966. The maximum atomic E-state index is 13.2. The van der Waals surface area contributed by atoms with Crippen LogP contribution in [0.3, 0.4) is 0 Å². The van der Waals surface area contributed by atoms with Crippen molar-refractivity contribution in [2.45, 2.75) is 51.1 Å². The van der Waals surface area contributed by atoms with Gasteiger partial charge in [0.25, 0.3) is 5.91 Å². The van der Waals surface area contributed by atoms with Crippen LogP contribution in [0.5, 0.6) is 0 Å². The molecule has 0 radical (unpaired) electrons. The van der Waals surface area contributed by atoms with Gasteiger partial charge in [-0.05, 0) is 80.3 Å². The Morgan fingerprint density at radius 2 is 1.59 bits per heavy atom. The van der Waals surface area contributed by atoms with Gasteiger partial charge in [-0.3, -0.25) is 14.4 Å². The fraction of sp³-hybridized carbons (Fsp3) is 0.464. The molecule has 1 saturated heterocycles. The van der Waals surface area contributed by atoms with E-state index in [0.717, 1.165) is 11.6 Å². The summed E-state index contributed by atoms with van der Waals surface area (Å²) >= 11 is 0. The molecule has 2 atom stereocenters. The molecule has 37 heavy (non-hydrogen) atoms. The van der Waals surface area contributed by atoms with Gasteiger partial charge in [0.05, 0.1) is 18.6 Å². The van der Waals surface area contributed by atoms with Crippen LogP contribution in [-0.2, 0) is 20.5 Å². The lowest BCUT2D eigenvalue weighted by atomic mass is 9.89. The summed E-state index contributed by atoms with van der Waals surface area (Å²) in [5, 5.41) is 2.93. The molecular weight excluding hydrogens is 485 g/mol. The zero-order valence-corrected chi connectivity index (χ0v) is 20.9. The average molecular weight is 517 g/mol. The summed E-state index contributed by atoms with van der Waals surface area (Å²) in [5.41, 5.74) is 1.04. The molecule has 2 aliphatic rings. The number of piperidine rings is 1. The zero-order valence-electron chi connectivity index (χ0n) is 20.9. The fourth-order valence-corrected chi connectivity index (χ4v) is 5.44. The molecule has 0 spiro atoms. The highest BCUT2D eigenvalue weighted by Gasteiger charge is 2.36. The molecule has 1 aliphatic heterocycles. The second kappa shape index (κ2) is 10.9. The molecule has 1 heterocycles. The van der Waals surface area contributed by atoms with Crippen LogP contribution < -0.4 is 5.32 Å². The van der Waals surface area contributed by atoms with E-state index in [0.29, 0.717) is 50.9 Å². The van der Waals surface area contributed by atoms with Gasteiger partial charge in [0.1, 0.15) is 0 Å². The van der Waals surface area contributed by atoms with Crippen molar-refractivity contribution in [2.75, 3.05) is 25.5 Å². The molecule has 2 aromatic rings. The van der Waals surface area contributed by atoms with Crippen LogP contribution in [0, 0.1) is 18.8 Å². The van der Waals surface area contributed by atoms with E-state index in [1.807, 2.05) is 24.3 Å². The monoisotopic (exact) mass is 516 g/mol. The third kappa shape index (κ3) is 5.97. The topological polar surface area (TPSA) is 75.7 Å². The fourth-order valence-electron chi connectivity index (χ4n) is 5.44. The number of hydrogen-bond donors (Lipinski definition) is 1. The summed E-state index contributed by atoms with van der Waals surface area (Å²) in [7, 11) is 1.36. The number of likely N-dealkylation sites (tertiary alicyclic amines) is 1. The van der Waals surface area contributed by atoms with Crippen LogP contribution in [-0.4, -0.2) is 42.9 Å². The summed E-state index contributed by atoms with van der Waals surface area (Å²) in [6, 6.07) is 11.3. The number of nitrogens with zero attached hydrogens (tertiary/aromatic N) is 1. The number of rotatable bonds is 5. The third-order valence-electron chi connectivity index (χ3n) is 7.64. The van der Waals surface area contributed by atoms with E-state index >= 15 is 0 Å². The van der Waals surface area contributed by atoms with Crippen LogP contribution in [0.2, 0.25) is 0 Å². The number of esters is 1. The minimum Gasteiger partial charge on any atom is -0.469 e. The molecule has 4 rings (SSSR count). The van der Waals surface area contributed by atoms with E-state index in [1.54, 1.807) is 4.90 Å². The Morgan fingerprint density at radius 3 is 2.22 bits per heavy atom. The number of carbonyl (C=O) groups excluding carboxylic acids is 3. The number of nitrogens with one attached hydrogen (secondary N) is 1. The molecule has 1 N–H and O–H groups in total. The molecule has 2 amide bonds. The molecule has 6 nitrogen and oxygen atoms in total. The number of methoxy groups -OCH3 is 1. The number of halogens is 3. The Morgan fingerprint density at radius 1 is 0.946 bits per heavy atom. The summed E-state index contributed by atoms with van der Waals surface area (Å²) in [6.07, 6.45) is -1.30. The molecule has 2 fully saturated rings. The summed E-state index contributed by atoms with van der Waals surface area (Å²) in [4.78, 5) is 38.9. The van der Waals surface area contributed by atoms with E-state index in [4.69, 9.17) is 4.74 Å². The normalized spacial score (nSPS) is 20.5. The minimum atomic E-state index is -4.50. The van der Waals surface area contributed by atoms with Crippen LogP contribution in [0.15, 0.2) is 42.5 Å². The van der Waals surface area contributed by atoms with Crippen molar-refractivity contribution in [3.8, 4) is 0 Å². The Hall–Kier alpha value is -3.36. The van der Waals surface area contributed by atoms with Crippen molar-refractivity contribution >= 4 is 23.5 Å². The van der Waals surface area contributed by atoms with Gasteiger partial charge in [-0.25, -0.2) is 0 Å². The molecule has 2 aromatic carbocycles. The van der Waals surface area contributed by atoms with E-state index in [2.05, 4.69) is 5.32 Å². The van der Waals surface area contributed by atoms with Crippen LogP contribution >= 0.6 is 0 Å². The number of benzene rings is 2. The minimum absolute atomic E-state index is 0.0434. The van der Waals surface area contributed by atoms with E-state index in [-0.39, 0.29) is 46.7 Å². The van der Waals surface area contributed by atoms with E-state index < -0.39 is 11.7 Å². The van der Waals surface area contributed by atoms with Crippen LogP contribution in [0.4, 0.5) is 18.9 Å². The lowest BCUT2D eigenvalue weighted by Gasteiger charge is -2.33. The van der Waals surface area contributed by atoms with Gasteiger partial charge < -0.3 is 15.0 Å².